The number of benzene rings is 1. The van der Waals surface area contributed by atoms with E-state index in [4.69, 9.17) is 4.74 Å². The third-order valence-electron chi connectivity index (χ3n) is 6.80. The van der Waals surface area contributed by atoms with E-state index in [0.717, 1.165) is 42.7 Å². The summed E-state index contributed by atoms with van der Waals surface area (Å²) in [4.78, 5) is 11.6. The summed E-state index contributed by atoms with van der Waals surface area (Å²) in [7, 11) is 0. The molecular weight excluding hydrogens is 350 g/mol. The largest absolute Gasteiger partial charge is 0.375 e. The summed E-state index contributed by atoms with van der Waals surface area (Å²) in [6, 6.07) is 9.58. The Labute approximate surface area is 165 Å². The van der Waals surface area contributed by atoms with Crippen molar-refractivity contribution in [2.45, 2.75) is 69.2 Å². The van der Waals surface area contributed by atoms with Crippen LogP contribution in [0, 0.1) is 11.3 Å². The van der Waals surface area contributed by atoms with Crippen molar-refractivity contribution in [3.8, 4) is 6.07 Å². The fraction of sp³-hybridized carbons (Fsp3) is 0.591. The summed E-state index contributed by atoms with van der Waals surface area (Å²) in [5.41, 5.74) is 1.53. The molecule has 146 valence electrons. The topological polar surface area (TPSA) is 74.1 Å². The molecule has 3 aliphatic rings. The second kappa shape index (κ2) is 7.65. The molecule has 2 saturated carbocycles. The van der Waals surface area contributed by atoms with E-state index in [0.29, 0.717) is 29.8 Å². The summed E-state index contributed by atoms with van der Waals surface area (Å²) in [5, 5.41) is 13.8. The second-order valence-corrected chi connectivity index (χ2v) is 8.36. The SMILES string of the molecule is N#Cc1ccc2ncnc(NC3CCC(N4CCOC5CCCC54)CC3)c2c1. The van der Waals surface area contributed by atoms with E-state index in [-0.39, 0.29) is 0 Å². The maximum atomic E-state index is 9.20. The summed E-state index contributed by atoms with van der Waals surface area (Å²) < 4.78 is 5.99. The van der Waals surface area contributed by atoms with Crippen LogP contribution in [-0.4, -0.2) is 52.2 Å². The van der Waals surface area contributed by atoms with Crippen molar-refractivity contribution in [3.63, 3.8) is 0 Å². The first-order valence-corrected chi connectivity index (χ1v) is 10.6. The Morgan fingerprint density at radius 1 is 1.11 bits per heavy atom. The Kier molecular flexibility index (Phi) is 4.87. The first-order valence-electron chi connectivity index (χ1n) is 10.6. The first kappa shape index (κ1) is 17.8. The predicted octanol–water partition coefficient (Wildman–Crippen LogP) is 3.48. The van der Waals surface area contributed by atoms with Gasteiger partial charge in [0.15, 0.2) is 0 Å². The highest BCUT2D eigenvalue weighted by molar-refractivity contribution is 5.89. The zero-order valence-electron chi connectivity index (χ0n) is 16.2. The molecule has 2 aliphatic carbocycles. The average Bonchev–Trinajstić information content (AvgIpc) is 3.23. The van der Waals surface area contributed by atoms with Crippen molar-refractivity contribution in [2.24, 2.45) is 0 Å². The van der Waals surface area contributed by atoms with Gasteiger partial charge in [0, 0.05) is 30.1 Å². The maximum Gasteiger partial charge on any atom is 0.137 e. The van der Waals surface area contributed by atoms with Crippen molar-refractivity contribution in [3.05, 3.63) is 30.1 Å². The molecule has 6 heteroatoms. The Bertz CT molecular complexity index is 886. The van der Waals surface area contributed by atoms with Gasteiger partial charge in [0.1, 0.15) is 12.1 Å². The van der Waals surface area contributed by atoms with Crippen LogP contribution in [0.4, 0.5) is 5.82 Å². The molecule has 1 aliphatic heterocycles. The van der Waals surface area contributed by atoms with E-state index >= 15 is 0 Å². The molecule has 1 saturated heterocycles. The van der Waals surface area contributed by atoms with Gasteiger partial charge in [-0.3, -0.25) is 4.90 Å². The zero-order chi connectivity index (χ0) is 18.9. The van der Waals surface area contributed by atoms with Gasteiger partial charge in [0.25, 0.3) is 0 Å². The lowest BCUT2D eigenvalue weighted by molar-refractivity contribution is -0.0767. The molecule has 1 N–H and O–H groups in total. The summed E-state index contributed by atoms with van der Waals surface area (Å²) in [6.45, 7) is 1.99. The third kappa shape index (κ3) is 3.34. The number of fused-ring (bicyclic) bond motifs is 2. The molecule has 6 nitrogen and oxygen atoms in total. The summed E-state index contributed by atoms with van der Waals surface area (Å²) in [6.07, 6.45) is 10.7. The molecule has 0 amide bonds. The summed E-state index contributed by atoms with van der Waals surface area (Å²) >= 11 is 0. The molecule has 2 atom stereocenters. The quantitative estimate of drug-likeness (QED) is 0.883. The average molecular weight is 377 g/mol. The zero-order valence-corrected chi connectivity index (χ0v) is 16.2. The van der Waals surface area contributed by atoms with E-state index in [1.54, 1.807) is 6.33 Å². The molecule has 3 fully saturated rings. The minimum Gasteiger partial charge on any atom is -0.375 e. The van der Waals surface area contributed by atoms with Gasteiger partial charge in [0.2, 0.25) is 0 Å². The number of nitrogens with one attached hydrogen (secondary N) is 1. The Balaban J connectivity index is 1.25. The van der Waals surface area contributed by atoms with Crippen molar-refractivity contribution in [2.75, 3.05) is 18.5 Å². The highest BCUT2D eigenvalue weighted by Crippen LogP contribution is 2.35. The number of hydrogen-bond acceptors (Lipinski definition) is 6. The number of ether oxygens (including phenoxy) is 1. The predicted molar refractivity (Wildman–Crippen MR) is 108 cm³/mol. The normalized spacial score (nSPS) is 30.7. The minimum atomic E-state index is 0.431. The van der Waals surface area contributed by atoms with E-state index in [1.165, 1.54) is 32.1 Å². The lowest BCUT2D eigenvalue weighted by atomic mass is 9.88. The van der Waals surface area contributed by atoms with E-state index < -0.39 is 0 Å². The molecule has 2 unspecified atom stereocenters. The van der Waals surface area contributed by atoms with Crippen LogP contribution in [0.15, 0.2) is 24.5 Å². The molecule has 2 aromatic rings. The summed E-state index contributed by atoms with van der Waals surface area (Å²) in [5.74, 6) is 0.854. The van der Waals surface area contributed by atoms with Gasteiger partial charge in [-0.2, -0.15) is 5.26 Å². The van der Waals surface area contributed by atoms with Crippen LogP contribution < -0.4 is 5.32 Å². The minimum absolute atomic E-state index is 0.431. The van der Waals surface area contributed by atoms with Crippen LogP contribution in [0.1, 0.15) is 50.5 Å². The van der Waals surface area contributed by atoms with Gasteiger partial charge in [-0.1, -0.05) is 0 Å². The van der Waals surface area contributed by atoms with Crippen molar-refractivity contribution >= 4 is 16.7 Å². The molecule has 28 heavy (non-hydrogen) atoms. The van der Waals surface area contributed by atoms with Gasteiger partial charge in [-0.25, -0.2) is 9.97 Å². The molecular formula is C22H27N5O. The van der Waals surface area contributed by atoms with Crippen LogP contribution in [0.2, 0.25) is 0 Å². The fourth-order valence-electron chi connectivity index (χ4n) is 5.40. The Morgan fingerprint density at radius 3 is 2.86 bits per heavy atom. The van der Waals surface area contributed by atoms with Crippen LogP contribution in [-0.2, 0) is 4.74 Å². The van der Waals surface area contributed by atoms with Gasteiger partial charge in [0.05, 0.1) is 29.9 Å². The smallest absolute Gasteiger partial charge is 0.137 e. The molecule has 0 spiro atoms. The van der Waals surface area contributed by atoms with Gasteiger partial charge in [-0.05, 0) is 63.1 Å². The number of hydrogen-bond donors (Lipinski definition) is 1. The maximum absolute atomic E-state index is 9.20. The molecule has 5 rings (SSSR count). The van der Waals surface area contributed by atoms with E-state index in [1.807, 2.05) is 18.2 Å². The van der Waals surface area contributed by atoms with Crippen LogP contribution in [0.5, 0.6) is 0 Å². The molecule has 2 heterocycles. The molecule has 0 radical (unpaired) electrons. The Morgan fingerprint density at radius 2 is 2.00 bits per heavy atom. The van der Waals surface area contributed by atoms with Crippen molar-refractivity contribution in [1.82, 2.24) is 14.9 Å². The van der Waals surface area contributed by atoms with Gasteiger partial charge < -0.3 is 10.1 Å². The van der Waals surface area contributed by atoms with E-state index in [2.05, 4.69) is 26.3 Å². The third-order valence-corrected chi connectivity index (χ3v) is 6.80. The monoisotopic (exact) mass is 377 g/mol. The van der Waals surface area contributed by atoms with Crippen molar-refractivity contribution in [1.29, 1.82) is 5.26 Å². The Hall–Kier alpha value is -2.23. The number of nitriles is 1. The number of aromatic nitrogens is 2. The fourth-order valence-corrected chi connectivity index (χ4v) is 5.40. The highest BCUT2D eigenvalue weighted by Gasteiger charge is 2.40. The number of anilines is 1. The lowest BCUT2D eigenvalue weighted by Crippen LogP contribution is -2.54. The highest BCUT2D eigenvalue weighted by atomic mass is 16.5. The van der Waals surface area contributed by atoms with Crippen LogP contribution in [0.3, 0.4) is 0 Å². The van der Waals surface area contributed by atoms with Crippen LogP contribution in [0.25, 0.3) is 10.9 Å². The van der Waals surface area contributed by atoms with Gasteiger partial charge in [-0.15, -0.1) is 0 Å². The standard InChI is InChI=1S/C22H27N5O/c23-13-15-4-9-19-18(12-15)22(25-14-24-19)26-16-5-7-17(8-6-16)27-10-11-28-21-3-1-2-20(21)27/h4,9,12,14,16-17,20-21H,1-3,5-8,10-11H2,(H,24,25,26). The molecule has 1 aromatic carbocycles. The molecule has 0 bridgehead atoms. The molecule has 1 aromatic heterocycles. The second-order valence-electron chi connectivity index (χ2n) is 8.36. The number of morpholine rings is 1. The number of rotatable bonds is 3. The number of nitrogens with zero attached hydrogens (tertiary/aromatic N) is 4. The first-order chi connectivity index (χ1) is 13.8. The van der Waals surface area contributed by atoms with E-state index in [9.17, 15) is 5.26 Å². The van der Waals surface area contributed by atoms with Gasteiger partial charge >= 0.3 is 0 Å². The lowest BCUT2D eigenvalue weighted by Gasteiger charge is -2.45. The van der Waals surface area contributed by atoms with Crippen LogP contribution >= 0.6 is 0 Å². The van der Waals surface area contributed by atoms with Crippen molar-refractivity contribution < 1.29 is 4.74 Å².